The lowest BCUT2D eigenvalue weighted by atomic mass is 9.96. The summed E-state index contributed by atoms with van der Waals surface area (Å²) in [5.41, 5.74) is 0. The SMILES string of the molecule is CC(C)n1ccnc1CC1CCCNC1. The molecule has 0 aliphatic carbocycles. The van der Waals surface area contributed by atoms with Gasteiger partial charge in [0, 0.05) is 24.9 Å². The van der Waals surface area contributed by atoms with E-state index in [4.69, 9.17) is 0 Å². The maximum atomic E-state index is 4.47. The number of piperidine rings is 1. The predicted molar refractivity (Wildman–Crippen MR) is 61.9 cm³/mol. The highest BCUT2D eigenvalue weighted by Crippen LogP contribution is 2.17. The van der Waals surface area contributed by atoms with E-state index in [1.165, 1.54) is 25.2 Å². The van der Waals surface area contributed by atoms with Crippen molar-refractivity contribution in [2.75, 3.05) is 13.1 Å². The molecule has 0 aromatic carbocycles. The number of rotatable bonds is 3. The van der Waals surface area contributed by atoms with Gasteiger partial charge in [0.05, 0.1) is 0 Å². The third kappa shape index (κ3) is 2.59. The summed E-state index contributed by atoms with van der Waals surface area (Å²) in [5, 5.41) is 3.46. The molecular weight excluding hydrogens is 186 g/mol. The monoisotopic (exact) mass is 207 g/mol. The molecule has 1 fully saturated rings. The van der Waals surface area contributed by atoms with Crippen molar-refractivity contribution in [1.29, 1.82) is 0 Å². The lowest BCUT2D eigenvalue weighted by Crippen LogP contribution is -2.31. The van der Waals surface area contributed by atoms with Gasteiger partial charge in [-0.25, -0.2) is 4.98 Å². The number of nitrogens with zero attached hydrogens (tertiary/aromatic N) is 2. The number of nitrogens with one attached hydrogen (secondary N) is 1. The molecule has 15 heavy (non-hydrogen) atoms. The summed E-state index contributed by atoms with van der Waals surface area (Å²) < 4.78 is 2.29. The Balaban J connectivity index is 1.99. The van der Waals surface area contributed by atoms with E-state index in [1.807, 2.05) is 6.20 Å². The van der Waals surface area contributed by atoms with Crippen LogP contribution in [0.2, 0.25) is 0 Å². The highest BCUT2D eigenvalue weighted by atomic mass is 15.1. The van der Waals surface area contributed by atoms with Gasteiger partial charge >= 0.3 is 0 Å². The van der Waals surface area contributed by atoms with Crippen molar-refractivity contribution in [3.05, 3.63) is 18.2 Å². The number of imidazole rings is 1. The normalized spacial score (nSPS) is 22.2. The molecule has 84 valence electrons. The van der Waals surface area contributed by atoms with E-state index in [0.717, 1.165) is 18.9 Å². The molecule has 1 aliphatic heterocycles. The second-order valence-electron chi connectivity index (χ2n) is 4.76. The van der Waals surface area contributed by atoms with Crippen molar-refractivity contribution in [2.45, 2.75) is 39.2 Å². The highest BCUT2D eigenvalue weighted by molar-refractivity contribution is 4.96. The van der Waals surface area contributed by atoms with Gasteiger partial charge < -0.3 is 9.88 Å². The molecule has 1 saturated heterocycles. The van der Waals surface area contributed by atoms with Crippen LogP contribution >= 0.6 is 0 Å². The van der Waals surface area contributed by atoms with E-state index in [0.29, 0.717) is 6.04 Å². The second kappa shape index (κ2) is 4.79. The minimum absolute atomic E-state index is 0.527. The van der Waals surface area contributed by atoms with Gasteiger partial charge in [0.15, 0.2) is 0 Å². The van der Waals surface area contributed by atoms with Crippen molar-refractivity contribution >= 4 is 0 Å². The Morgan fingerprint density at radius 3 is 3.13 bits per heavy atom. The molecule has 0 radical (unpaired) electrons. The maximum absolute atomic E-state index is 4.47. The fraction of sp³-hybridized carbons (Fsp3) is 0.750. The second-order valence-corrected chi connectivity index (χ2v) is 4.76. The summed E-state index contributed by atoms with van der Waals surface area (Å²) in [6.45, 7) is 6.77. The van der Waals surface area contributed by atoms with Crippen LogP contribution in [0.1, 0.15) is 38.6 Å². The third-order valence-corrected chi connectivity index (χ3v) is 3.18. The molecular formula is C12H21N3. The molecule has 3 heteroatoms. The Kier molecular flexibility index (Phi) is 3.41. The van der Waals surface area contributed by atoms with Crippen molar-refractivity contribution in [1.82, 2.24) is 14.9 Å². The standard InChI is InChI=1S/C12H21N3/c1-10(2)15-7-6-14-12(15)8-11-4-3-5-13-9-11/h6-7,10-11,13H,3-5,8-9H2,1-2H3. The summed E-state index contributed by atoms with van der Waals surface area (Å²) in [4.78, 5) is 4.47. The van der Waals surface area contributed by atoms with Gasteiger partial charge in [-0.15, -0.1) is 0 Å². The smallest absolute Gasteiger partial charge is 0.109 e. The summed E-state index contributed by atoms with van der Waals surface area (Å²) in [7, 11) is 0. The van der Waals surface area contributed by atoms with Crippen molar-refractivity contribution in [2.24, 2.45) is 5.92 Å². The molecule has 0 spiro atoms. The third-order valence-electron chi connectivity index (χ3n) is 3.18. The molecule has 0 saturated carbocycles. The number of aromatic nitrogens is 2. The number of hydrogen-bond donors (Lipinski definition) is 1. The van der Waals surface area contributed by atoms with Crippen LogP contribution in [0.5, 0.6) is 0 Å². The average molecular weight is 207 g/mol. The largest absolute Gasteiger partial charge is 0.332 e. The Bertz CT molecular complexity index is 298. The Labute approximate surface area is 91.9 Å². The van der Waals surface area contributed by atoms with E-state index in [9.17, 15) is 0 Å². The molecule has 1 aromatic rings. The lowest BCUT2D eigenvalue weighted by Gasteiger charge is -2.23. The average Bonchev–Trinajstić information content (AvgIpc) is 2.67. The highest BCUT2D eigenvalue weighted by Gasteiger charge is 2.16. The molecule has 0 bridgehead atoms. The van der Waals surface area contributed by atoms with Crippen LogP contribution in [0.4, 0.5) is 0 Å². The molecule has 1 aromatic heterocycles. The van der Waals surface area contributed by atoms with Crippen LogP contribution in [-0.2, 0) is 6.42 Å². The van der Waals surface area contributed by atoms with Crippen molar-refractivity contribution < 1.29 is 0 Å². The minimum Gasteiger partial charge on any atom is -0.332 e. The molecule has 1 N–H and O–H groups in total. The first-order valence-electron chi connectivity index (χ1n) is 6.00. The summed E-state index contributed by atoms with van der Waals surface area (Å²) in [6.07, 6.45) is 7.80. The van der Waals surface area contributed by atoms with Gasteiger partial charge in [-0.2, -0.15) is 0 Å². The van der Waals surface area contributed by atoms with Crippen LogP contribution in [0.3, 0.4) is 0 Å². The van der Waals surface area contributed by atoms with Gasteiger partial charge in [-0.05, 0) is 45.7 Å². The van der Waals surface area contributed by atoms with E-state index in [-0.39, 0.29) is 0 Å². The Hall–Kier alpha value is -0.830. The van der Waals surface area contributed by atoms with Crippen molar-refractivity contribution in [3.8, 4) is 0 Å². The zero-order valence-electron chi connectivity index (χ0n) is 9.74. The van der Waals surface area contributed by atoms with Crippen molar-refractivity contribution in [3.63, 3.8) is 0 Å². The number of hydrogen-bond acceptors (Lipinski definition) is 2. The first-order valence-corrected chi connectivity index (χ1v) is 6.00. The zero-order chi connectivity index (χ0) is 10.7. The summed E-state index contributed by atoms with van der Waals surface area (Å²) in [6, 6.07) is 0.527. The van der Waals surface area contributed by atoms with Gasteiger partial charge in [-0.3, -0.25) is 0 Å². The molecule has 1 aliphatic rings. The van der Waals surface area contributed by atoms with Gasteiger partial charge in [-0.1, -0.05) is 0 Å². The zero-order valence-corrected chi connectivity index (χ0v) is 9.74. The van der Waals surface area contributed by atoms with Crippen LogP contribution in [0.15, 0.2) is 12.4 Å². The van der Waals surface area contributed by atoms with E-state index < -0.39 is 0 Å². The first-order chi connectivity index (χ1) is 7.27. The van der Waals surface area contributed by atoms with Crippen LogP contribution in [-0.4, -0.2) is 22.6 Å². The Morgan fingerprint density at radius 2 is 2.47 bits per heavy atom. The van der Waals surface area contributed by atoms with Crippen LogP contribution < -0.4 is 5.32 Å². The van der Waals surface area contributed by atoms with E-state index >= 15 is 0 Å². The lowest BCUT2D eigenvalue weighted by molar-refractivity contribution is 0.363. The van der Waals surface area contributed by atoms with E-state index in [1.54, 1.807) is 0 Å². The van der Waals surface area contributed by atoms with Crippen LogP contribution in [0, 0.1) is 5.92 Å². The fourth-order valence-corrected chi connectivity index (χ4v) is 2.33. The topological polar surface area (TPSA) is 29.9 Å². The molecule has 1 atom stereocenters. The van der Waals surface area contributed by atoms with E-state index in [2.05, 4.69) is 34.9 Å². The molecule has 3 nitrogen and oxygen atoms in total. The fourth-order valence-electron chi connectivity index (χ4n) is 2.33. The molecule has 1 unspecified atom stereocenters. The van der Waals surface area contributed by atoms with Gasteiger partial charge in [0.2, 0.25) is 0 Å². The molecule has 2 heterocycles. The summed E-state index contributed by atoms with van der Waals surface area (Å²) in [5.74, 6) is 2.03. The predicted octanol–water partition coefficient (Wildman–Crippen LogP) is 2.01. The van der Waals surface area contributed by atoms with Crippen LogP contribution in [0.25, 0.3) is 0 Å². The Morgan fingerprint density at radius 1 is 1.60 bits per heavy atom. The minimum atomic E-state index is 0.527. The first kappa shape index (κ1) is 10.7. The van der Waals surface area contributed by atoms with Gasteiger partial charge in [0.25, 0.3) is 0 Å². The van der Waals surface area contributed by atoms with Gasteiger partial charge in [0.1, 0.15) is 5.82 Å². The maximum Gasteiger partial charge on any atom is 0.109 e. The quantitative estimate of drug-likeness (QED) is 0.821. The summed E-state index contributed by atoms with van der Waals surface area (Å²) >= 11 is 0. The molecule has 2 rings (SSSR count). The molecule has 0 amide bonds.